The lowest BCUT2D eigenvalue weighted by Crippen LogP contribution is -2.14. The number of nitrogens with zero attached hydrogens (tertiary/aromatic N) is 1. The zero-order valence-corrected chi connectivity index (χ0v) is 15.0. The van der Waals surface area contributed by atoms with Crippen LogP contribution < -0.4 is 10.6 Å². The van der Waals surface area contributed by atoms with Gasteiger partial charge >= 0.3 is 0 Å². The van der Waals surface area contributed by atoms with Gasteiger partial charge in [-0.2, -0.15) is 0 Å². The van der Waals surface area contributed by atoms with Gasteiger partial charge in [-0.15, -0.1) is 0 Å². The molecule has 0 bridgehead atoms. The van der Waals surface area contributed by atoms with E-state index < -0.39 is 7.29 Å². The Morgan fingerprint density at radius 2 is 1.23 bits per heavy atom. The van der Waals surface area contributed by atoms with Gasteiger partial charge in [-0.05, 0) is 46.7 Å². The maximum Gasteiger partial charge on any atom is 0.247 e. The minimum absolute atomic E-state index is 0.0248. The molecule has 0 saturated heterocycles. The van der Waals surface area contributed by atoms with Crippen molar-refractivity contribution in [1.29, 1.82) is 0 Å². The molecule has 0 unspecified atom stereocenters. The first kappa shape index (κ1) is 15.3. The van der Waals surface area contributed by atoms with Gasteiger partial charge in [0.1, 0.15) is 0 Å². The third kappa shape index (κ3) is 3.24. The highest BCUT2D eigenvalue weighted by Gasteiger charge is 2.25. The van der Waals surface area contributed by atoms with Crippen LogP contribution in [0.4, 0.5) is 0 Å². The van der Waals surface area contributed by atoms with Crippen molar-refractivity contribution in [2.75, 3.05) is 0 Å². The summed E-state index contributed by atoms with van der Waals surface area (Å²) < 4.78 is 26.9. The molecule has 4 aromatic carbocycles. The van der Waals surface area contributed by atoms with E-state index in [1.54, 1.807) is 0 Å². The topological polar surface area (TPSA) is 29.4 Å². The van der Waals surface area contributed by atoms with Crippen LogP contribution in [0.3, 0.4) is 0 Å². The van der Waals surface area contributed by atoms with E-state index in [9.17, 15) is 4.57 Å². The van der Waals surface area contributed by atoms with Crippen LogP contribution >= 0.6 is 7.29 Å². The third-order valence-electron chi connectivity index (χ3n) is 4.28. The Kier molecular flexibility index (Phi) is 4.19. The Morgan fingerprint density at radius 1 is 0.692 bits per heavy atom. The molecule has 4 aromatic rings. The molecule has 0 aliphatic carbocycles. The second-order valence-corrected chi connectivity index (χ2v) is 8.41. The fourth-order valence-corrected chi connectivity index (χ4v) is 4.85. The predicted octanol–water partition coefficient (Wildman–Crippen LogP) is 5.19. The zero-order chi connectivity index (χ0) is 18.7. The predicted molar refractivity (Wildman–Crippen MR) is 111 cm³/mol. The van der Waals surface area contributed by atoms with Gasteiger partial charge in [0.25, 0.3) is 0 Å². The molecule has 4 rings (SSSR count). The average Bonchev–Trinajstić information content (AvgIpc) is 2.74. The Morgan fingerprint density at radius 3 is 1.85 bits per heavy atom. The van der Waals surface area contributed by atoms with E-state index >= 15 is 0 Å². The Labute approximate surface area is 154 Å². The van der Waals surface area contributed by atoms with Gasteiger partial charge in [-0.1, -0.05) is 72.8 Å². The first-order valence-corrected chi connectivity index (χ1v) is 10.1. The molecule has 0 aliphatic rings. The van der Waals surface area contributed by atoms with E-state index in [0.29, 0.717) is 16.2 Å². The summed E-state index contributed by atoms with van der Waals surface area (Å²) in [6.07, 6.45) is 0.0248. The first-order chi connectivity index (χ1) is 13.2. The number of fused-ring (bicyclic) bond motifs is 1. The largest absolute Gasteiger partial charge is 0.288 e. The molecule has 0 aromatic heterocycles. The lowest BCUT2D eigenvalue weighted by molar-refractivity contribution is 0.588. The molecular weight excluding hydrogens is 337 g/mol. The van der Waals surface area contributed by atoms with Crippen molar-refractivity contribution >= 4 is 34.9 Å². The summed E-state index contributed by atoms with van der Waals surface area (Å²) in [5, 5.41) is 3.39. The summed E-state index contributed by atoms with van der Waals surface area (Å²) in [7, 11) is -3.31. The summed E-state index contributed by atoms with van der Waals surface area (Å²) in [6, 6.07) is 32.1. The Hall–Kier alpha value is -2.96. The van der Waals surface area contributed by atoms with E-state index in [0.717, 1.165) is 10.8 Å². The maximum absolute atomic E-state index is 14.0. The van der Waals surface area contributed by atoms with Crippen molar-refractivity contribution in [3.63, 3.8) is 0 Å². The molecule has 0 amide bonds. The fraction of sp³-hybridized carbons (Fsp3) is 0. The van der Waals surface area contributed by atoms with Gasteiger partial charge < -0.3 is 0 Å². The molecule has 0 fully saturated rings. The van der Waals surface area contributed by atoms with E-state index in [2.05, 4.69) is 4.76 Å². The molecule has 0 spiro atoms. The van der Waals surface area contributed by atoms with Crippen LogP contribution in [0.5, 0.6) is 0 Å². The fourth-order valence-electron chi connectivity index (χ4n) is 2.91. The lowest BCUT2D eigenvalue weighted by atomic mass is 10.1. The van der Waals surface area contributed by atoms with E-state index in [-0.39, 0.29) is 6.19 Å². The molecule has 2 nitrogen and oxygen atoms in total. The quantitative estimate of drug-likeness (QED) is 0.366. The second kappa shape index (κ2) is 7.11. The van der Waals surface area contributed by atoms with Gasteiger partial charge in [0.05, 0.1) is 1.37 Å². The van der Waals surface area contributed by atoms with Crippen molar-refractivity contribution in [1.82, 2.24) is 0 Å². The molecular formula is C23H18NOP. The van der Waals surface area contributed by atoms with Crippen LogP contribution in [0, 0.1) is 0 Å². The summed E-state index contributed by atoms with van der Waals surface area (Å²) in [4.78, 5) is 0. The van der Waals surface area contributed by atoms with E-state index in [1.807, 2.05) is 103 Å². The van der Waals surface area contributed by atoms with Crippen molar-refractivity contribution in [3.05, 3.63) is 109 Å². The molecule has 0 atom stereocenters. The van der Waals surface area contributed by atoms with E-state index in [1.165, 1.54) is 0 Å². The SMILES string of the molecule is [2H]/C(=N/P(=O)(c1ccccc1)c1ccccc1)c1ccc2ccccc2c1. The summed E-state index contributed by atoms with van der Waals surface area (Å²) in [5.41, 5.74) is 0.654. The molecule has 0 radical (unpaired) electrons. The molecule has 0 heterocycles. The number of hydrogen-bond donors (Lipinski definition) is 0. The van der Waals surface area contributed by atoms with Crippen LogP contribution in [0.2, 0.25) is 0 Å². The highest BCUT2D eigenvalue weighted by molar-refractivity contribution is 7.77. The van der Waals surface area contributed by atoms with Crippen LogP contribution in [-0.2, 0) is 4.57 Å². The standard InChI is InChI=1S/C23H18NOP/c25-26(22-11-3-1-4-12-22,23-13-5-2-6-14-23)24-18-19-15-16-20-9-7-8-10-21(20)17-19/h1-18H/b24-18-/i18D. The Balaban J connectivity index is 1.86. The summed E-state index contributed by atoms with van der Waals surface area (Å²) in [6.45, 7) is 0. The van der Waals surface area contributed by atoms with Gasteiger partial charge in [-0.25, -0.2) is 4.76 Å². The van der Waals surface area contributed by atoms with Gasteiger partial charge in [0, 0.05) is 16.8 Å². The summed E-state index contributed by atoms with van der Waals surface area (Å²) in [5.74, 6) is 0. The minimum atomic E-state index is -3.31. The van der Waals surface area contributed by atoms with Crippen LogP contribution in [-0.4, -0.2) is 6.19 Å². The number of benzene rings is 4. The van der Waals surface area contributed by atoms with E-state index in [4.69, 9.17) is 1.37 Å². The number of hydrogen-bond acceptors (Lipinski definition) is 1. The summed E-state index contributed by atoms with van der Waals surface area (Å²) >= 11 is 0. The molecule has 26 heavy (non-hydrogen) atoms. The van der Waals surface area contributed by atoms with Crippen molar-refractivity contribution < 1.29 is 5.94 Å². The van der Waals surface area contributed by atoms with Crippen LogP contribution in [0.1, 0.15) is 6.93 Å². The van der Waals surface area contributed by atoms with Gasteiger partial charge in [0.2, 0.25) is 7.29 Å². The van der Waals surface area contributed by atoms with Crippen LogP contribution in [0.25, 0.3) is 10.8 Å². The van der Waals surface area contributed by atoms with Crippen molar-refractivity contribution in [3.8, 4) is 0 Å². The average molecular weight is 356 g/mol. The smallest absolute Gasteiger partial charge is 0.247 e. The molecule has 3 heteroatoms. The monoisotopic (exact) mass is 356 g/mol. The Bertz CT molecular complexity index is 1110. The zero-order valence-electron chi connectivity index (χ0n) is 15.1. The lowest BCUT2D eigenvalue weighted by Gasteiger charge is -2.14. The number of rotatable bonds is 4. The van der Waals surface area contributed by atoms with Gasteiger partial charge in [0.15, 0.2) is 0 Å². The molecule has 0 saturated carbocycles. The maximum atomic E-state index is 14.0. The highest BCUT2D eigenvalue weighted by atomic mass is 31.2. The normalized spacial score (nSPS) is 12.8. The van der Waals surface area contributed by atoms with Crippen molar-refractivity contribution in [2.24, 2.45) is 4.76 Å². The van der Waals surface area contributed by atoms with Crippen LogP contribution in [0.15, 0.2) is 108 Å². The van der Waals surface area contributed by atoms with Crippen molar-refractivity contribution in [2.45, 2.75) is 0 Å². The second-order valence-electron chi connectivity index (χ2n) is 6.02. The minimum Gasteiger partial charge on any atom is -0.288 e. The molecule has 0 N–H and O–H groups in total. The first-order valence-electron chi connectivity index (χ1n) is 8.94. The third-order valence-corrected chi connectivity index (χ3v) is 6.66. The molecule has 126 valence electrons. The molecule has 0 aliphatic heterocycles. The van der Waals surface area contributed by atoms with Gasteiger partial charge in [-0.3, -0.25) is 4.57 Å². The highest BCUT2D eigenvalue weighted by Crippen LogP contribution is 2.44.